The second-order valence-corrected chi connectivity index (χ2v) is 3.01. The van der Waals surface area contributed by atoms with Crippen LogP contribution in [0, 0.1) is 19.3 Å². The summed E-state index contributed by atoms with van der Waals surface area (Å²) >= 11 is 0. The summed E-state index contributed by atoms with van der Waals surface area (Å²) < 4.78 is 5.22. The molecule has 74 valence electrons. The Kier molecular flexibility index (Phi) is 3.52. The molecule has 1 rings (SSSR count). The Morgan fingerprint density at radius 3 is 2.79 bits per heavy atom. The Morgan fingerprint density at radius 2 is 2.29 bits per heavy atom. The van der Waals surface area contributed by atoms with E-state index < -0.39 is 0 Å². The number of hydrazine groups is 1. The van der Waals surface area contributed by atoms with Gasteiger partial charge in [-0.3, -0.25) is 5.84 Å². The van der Waals surface area contributed by atoms with Gasteiger partial charge in [0, 0.05) is 5.56 Å². The van der Waals surface area contributed by atoms with Crippen molar-refractivity contribution >= 4 is 0 Å². The molecular formula is C11H14N2O. The summed E-state index contributed by atoms with van der Waals surface area (Å²) in [7, 11) is 1.61. The van der Waals surface area contributed by atoms with Crippen molar-refractivity contribution in [3.63, 3.8) is 0 Å². The third-order valence-corrected chi connectivity index (χ3v) is 2.03. The van der Waals surface area contributed by atoms with E-state index in [4.69, 9.17) is 17.0 Å². The van der Waals surface area contributed by atoms with Crippen LogP contribution in [0.1, 0.15) is 17.2 Å². The van der Waals surface area contributed by atoms with E-state index in [0.29, 0.717) is 0 Å². The zero-order valence-corrected chi connectivity index (χ0v) is 8.37. The molecule has 0 heterocycles. The van der Waals surface area contributed by atoms with E-state index in [0.717, 1.165) is 16.9 Å². The summed E-state index contributed by atoms with van der Waals surface area (Å²) in [5, 5.41) is 0. The van der Waals surface area contributed by atoms with Crippen LogP contribution >= 0.6 is 0 Å². The fourth-order valence-electron chi connectivity index (χ4n) is 1.28. The van der Waals surface area contributed by atoms with E-state index in [-0.39, 0.29) is 6.04 Å². The number of nitrogens with one attached hydrogen (secondary N) is 1. The van der Waals surface area contributed by atoms with Crippen LogP contribution in [0.2, 0.25) is 0 Å². The maximum absolute atomic E-state index is 5.33. The number of terminal acetylenes is 1. The molecule has 0 radical (unpaired) electrons. The molecule has 14 heavy (non-hydrogen) atoms. The van der Waals surface area contributed by atoms with Crippen LogP contribution in [0.15, 0.2) is 18.2 Å². The fraction of sp³-hybridized carbons (Fsp3) is 0.273. The molecule has 3 heteroatoms. The summed E-state index contributed by atoms with van der Waals surface area (Å²) in [5.74, 6) is 8.63. The standard InChI is InChI=1S/C11H14N2O/c1-4-10(13-12)9-6-5-8(2)7-11(9)14-3/h1,5-7,10,13H,12H2,2-3H3. The highest BCUT2D eigenvalue weighted by Crippen LogP contribution is 2.25. The van der Waals surface area contributed by atoms with Crippen LogP contribution in [-0.2, 0) is 0 Å². The molecule has 3 N–H and O–H groups in total. The van der Waals surface area contributed by atoms with Gasteiger partial charge in [0.1, 0.15) is 11.8 Å². The normalized spacial score (nSPS) is 11.9. The predicted octanol–water partition coefficient (Wildman–Crippen LogP) is 1.14. The van der Waals surface area contributed by atoms with Crippen LogP contribution in [-0.4, -0.2) is 7.11 Å². The minimum Gasteiger partial charge on any atom is -0.496 e. The maximum atomic E-state index is 5.33. The molecule has 0 saturated carbocycles. The number of rotatable bonds is 3. The third kappa shape index (κ3) is 2.05. The van der Waals surface area contributed by atoms with E-state index in [1.165, 1.54) is 0 Å². The minimum absolute atomic E-state index is 0.314. The molecule has 3 nitrogen and oxygen atoms in total. The van der Waals surface area contributed by atoms with Crippen molar-refractivity contribution in [1.82, 2.24) is 5.43 Å². The van der Waals surface area contributed by atoms with Crippen molar-refractivity contribution in [3.8, 4) is 18.1 Å². The van der Waals surface area contributed by atoms with Crippen molar-refractivity contribution < 1.29 is 4.74 Å². The van der Waals surface area contributed by atoms with Crippen molar-refractivity contribution in [2.75, 3.05) is 7.11 Å². The molecule has 1 unspecified atom stereocenters. The van der Waals surface area contributed by atoms with Gasteiger partial charge in [0.05, 0.1) is 7.11 Å². The van der Waals surface area contributed by atoms with Crippen molar-refractivity contribution in [2.24, 2.45) is 5.84 Å². The zero-order valence-electron chi connectivity index (χ0n) is 8.37. The average molecular weight is 190 g/mol. The van der Waals surface area contributed by atoms with Gasteiger partial charge in [-0.25, -0.2) is 5.43 Å². The molecule has 0 aromatic heterocycles. The first-order valence-electron chi connectivity index (χ1n) is 4.29. The lowest BCUT2D eigenvalue weighted by molar-refractivity contribution is 0.405. The van der Waals surface area contributed by atoms with Crippen LogP contribution in [0.5, 0.6) is 5.75 Å². The molecular weight excluding hydrogens is 176 g/mol. The summed E-state index contributed by atoms with van der Waals surface area (Å²) in [6.07, 6.45) is 5.33. The number of hydrogen-bond acceptors (Lipinski definition) is 3. The molecule has 1 atom stereocenters. The van der Waals surface area contributed by atoms with Crippen molar-refractivity contribution in [2.45, 2.75) is 13.0 Å². The molecule has 0 amide bonds. The Hall–Kier alpha value is -1.50. The first kappa shape index (κ1) is 10.6. The lowest BCUT2D eigenvalue weighted by Gasteiger charge is -2.14. The molecule has 0 fully saturated rings. The van der Waals surface area contributed by atoms with Gasteiger partial charge in [0.25, 0.3) is 0 Å². The van der Waals surface area contributed by atoms with E-state index >= 15 is 0 Å². The van der Waals surface area contributed by atoms with Crippen molar-refractivity contribution in [3.05, 3.63) is 29.3 Å². The Bertz CT molecular complexity index is 355. The number of hydrogen-bond donors (Lipinski definition) is 2. The van der Waals surface area contributed by atoms with Crippen LogP contribution in [0.3, 0.4) is 0 Å². The number of aryl methyl sites for hydroxylation is 1. The summed E-state index contributed by atoms with van der Waals surface area (Å²) in [6, 6.07) is 5.50. The predicted molar refractivity (Wildman–Crippen MR) is 56.6 cm³/mol. The highest BCUT2D eigenvalue weighted by molar-refractivity contribution is 5.41. The maximum Gasteiger partial charge on any atom is 0.124 e. The van der Waals surface area contributed by atoms with E-state index in [1.54, 1.807) is 7.11 Å². The van der Waals surface area contributed by atoms with E-state index in [9.17, 15) is 0 Å². The second kappa shape index (κ2) is 4.66. The number of ether oxygens (including phenoxy) is 1. The fourth-order valence-corrected chi connectivity index (χ4v) is 1.28. The van der Waals surface area contributed by atoms with Gasteiger partial charge >= 0.3 is 0 Å². The van der Waals surface area contributed by atoms with Gasteiger partial charge in [-0.2, -0.15) is 0 Å². The van der Waals surface area contributed by atoms with E-state index in [1.807, 2.05) is 25.1 Å². The zero-order chi connectivity index (χ0) is 10.6. The summed E-state index contributed by atoms with van der Waals surface area (Å²) in [5.41, 5.74) is 4.55. The number of benzene rings is 1. The Morgan fingerprint density at radius 1 is 1.57 bits per heavy atom. The molecule has 1 aromatic carbocycles. The lowest BCUT2D eigenvalue weighted by atomic mass is 10.0. The van der Waals surface area contributed by atoms with E-state index in [2.05, 4.69) is 11.3 Å². The Labute approximate surface area is 84.2 Å². The molecule has 0 aliphatic carbocycles. The van der Waals surface area contributed by atoms with Gasteiger partial charge in [0.15, 0.2) is 0 Å². The highest BCUT2D eigenvalue weighted by atomic mass is 16.5. The molecule has 0 aliphatic heterocycles. The monoisotopic (exact) mass is 190 g/mol. The van der Waals surface area contributed by atoms with Crippen LogP contribution in [0.25, 0.3) is 0 Å². The number of nitrogens with two attached hydrogens (primary N) is 1. The van der Waals surface area contributed by atoms with Gasteiger partial charge < -0.3 is 4.74 Å². The molecule has 1 aromatic rings. The smallest absolute Gasteiger partial charge is 0.124 e. The van der Waals surface area contributed by atoms with Crippen LogP contribution < -0.4 is 16.0 Å². The largest absolute Gasteiger partial charge is 0.496 e. The van der Waals surface area contributed by atoms with Gasteiger partial charge in [-0.05, 0) is 18.6 Å². The average Bonchev–Trinajstić information content (AvgIpc) is 2.21. The van der Waals surface area contributed by atoms with Gasteiger partial charge in [-0.1, -0.05) is 18.1 Å². The highest BCUT2D eigenvalue weighted by Gasteiger charge is 2.11. The minimum atomic E-state index is -0.314. The SMILES string of the molecule is C#CC(NN)c1ccc(C)cc1OC. The van der Waals surface area contributed by atoms with Crippen molar-refractivity contribution in [1.29, 1.82) is 0 Å². The topological polar surface area (TPSA) is 47.3 Å². The first-order chi connectivity index (χ1) is 6.72. The molecule has 0 spiro atoms. The summed E-state index contributed by atoms with van der Waals surface area (Å²) in [6.45, 7) is 1.99. The Balaban J connectivity index is 3.14. The second-order valence-electron chi connectivity index (χ2n) is 3.01. The molecule has 0 bridgehead atoms. The lowest BCUT2D eigenvalue weighted by Crippen LogP contribution is -2.27. The van der Waals surface area contributed by atoms with Crippen LogP contribution in [0.4, 0.5) is 0 Å². The first-order valence-corrected chi connectivity index (χ1v) is 4.29. The quantitative estimate of drug-likeness (QED) is 0.427. The number of methoxy groups -OCH3 is 1. The summed E-state index contributed by atoms with van der Waals surface area (Å²) in [4.78, 5) is 0. The van der Waals surface area contributed by atoms with Gasteiger partial charge in [0.2, 0.25) is 0 Å². The third-order valence-electron chi connectivity index (χ3n) is 2.03. The molecule has 0 aliphatic rings. The molecule has 0 saturated heterocycles. The van der Waals surface area contributed by atoms with Gasteiger partial charge in [-0.15, -0.1) is 6.42 Å².